The first-order valence-corrected chi connectivity index (χ1v) is 19.3. The van der Waals surface area contributed by atoms with Gasteiger partial charge in [-0.05, 0) is 51.8 Å². The summed E-state index contributed by atoms with van der Waals surface area (Å²) in [5, 5.41) is 0. The number of thioether (sulfide) groups is 3. The Kier molecular flexibility index (Phi) is 10.6. The molecule has 1 aliphatic carbocycles. The molecule has 0 radical (unpaired) electrons. The number of ether oxygens (including phenoxy) is 5. The smallest absolute Gasteiger partial charge is 0.345 e. The van der Waals surface area contributed by atoms with E-state index in [4.69, 9.17) is 23.7 Å². The SMILES string of the molecule is CCOc1ccc2c(c1)C1=C(SC(C(=O)OC)=C(C(=O)OC)C13SC(C(=O)OC)=C(C(=O)OC)S3)C(C)(C)N2C(=O)CN1C(=O)[C@H]2CCCC[C@@H]2C1=O. The van der Waals surface area contributed by atoms with Gasteiger partial charge in [-0.15, -0.1) is 0 Å². The highest BCUT2D eigenvalue weighted by molar-refractivity contribution is 8.26. The van der Waals surface area contributed by atoms with Gasteiger partial charge < -0.3 is 28.6 Å². The van der Waals surface area contributed by atoms with Gasteiger partial charge in [-0.25, -0.2) is 19.2 Å². The van der Waals surface area contributed by atoms with Crippen molar-refractivity contribution >= 4 is 88.1 Å². The first kappa shape index (κ1) is 38.5. The van der Waals surface area contributed by atoms with E-state index < -0.39 is 57.8 Å². The molecule has 282 valence electrons. The molecule has 0 unspecified atom stereocenters. The lowest BCUT2D eigenvalue weighted by Gasteiger charge is -2.51. The van der Waals surface area contributed by atoms with Crippen LogP contribution in [0.4, 0.5) is 5.69 Å². The number of carbonyl (C=O) groups is 7. The molecule has 1 saturated heterocycles. The second kappa shape index (κ2) is 14.5. The Hall–Kier alpha value is -4.22. The van der Waals surface area contributed by atoms with Crippen LogP contribution >= 0.6 is 35.3 Å². The summed E-state index contributed by atoms with van der Waals surface area (Å²) in [6, 6.07) is 4.99. The van der Waals surface area contributed by atoms with E-state index in [1.54, 1.807) is 39.0 Å². The third kappa shape index (κ3) is 6.04. The Morgan fingerprint density at radius 2 is 1.32 bits per heavy atom. The Labute approximate surface area is 318 Å². The summed E-state index contributed by atoms with van der Waals surface area (Å²) >= 11 is 2.50. The Bertz CT molecular complexity index is 1900. The van der Waals surface area contributed by atoms with E-state index in [0.29, 0.717) is 40.3 Å². The third-order valence-electron chi connectivity index (χ3n) is 9.90. The number of rotatable bonds is 8. The maximum absolute atomic E-state index is 14.7. The Morgan fingerprint density at radius 1 is 0.792 bits per heavy atom. The molecule has 4 aliphatic heterocycles. The number of esters is 4. The van der Waals surface area contributed by atoms with Crippen molar-refractivity contribution in [2.75, 3.05) is 46.5 Å². The molecule has 53 heavy (non-hydrogen) atoms. The molecule has 2 atom stereocenters. The Morgan fingerprint density at radius 3 is 1.83 bits per heavy atom. The van der Waals surface area contributed by atoms with E-state index in [2.05, 4.69) is 0 Å². The van der Waals surface area contributed by atoms with Crippen molar-refractivity contribution in [2.24, 2.45) is 11.8 Å². The molecule has 1 aromatic carbocycles. The summed E-state index contributed by atoms with van der Waals surface area (Å²) < 4.78 is 24.6. The lowest BCUT2D eigenvalue weighted by Crippen LogP contribution is -2.56. The predicted octanol–water partition coefficient (Wildman–Crippen LogP) is 4.18. The minimum absolute atomic E-state index is 0.180. The quantitative estimate of drug-likeness (QED) is 0.209. The number of likely N-dealkylation sites (tertiary alicyclic amines) is 1. The van der Waals surface area contributed by atoms with Crippen molar-refractivity contribution in [3.8, 4) is 5.75 Å². The lowest BCUT2D eigenvalue weighted by molar-refractivity contribution is -0.143. The van der Waals surface area contributed by atoms with Gasteiger partial charge in [-0.2, -0.15) is 0 Å². The number of benzene rings is 1. The third-order valence-corrected chi connectivity index (χ3v) is 14.5. The van der Waals surface area contributed by atoms with Crippen molar-refractivity contribution in [1.82, 2.24) is 4.90 Å². The minimum atomic E-state index is -1.78. The van der Waals surface area contributed by atoms with Gasteiger partial charge in [0.1, 0.15) is 31.1 Å². The summed E-state index contributed by atoms with van der Waals surface area (Å²) in [5.41, 5.74) is -0.498. The van der Waals surface area contributed by atoms with E-state index in [-0.39, 0.29) is 38.7 Å². The van der Waals surface area contributed by atoms with E-state index >= 15 is 0 Å². The van der Waals surface area contributed by atoms with Gasteiger partial charge in [0.2, 0.25) is 17.7 Å². The lowest BCUT2D eigenvalue weighted by atomic mass is 9.81. The van der Waals surface area contributed by atoms with Crippen LogP contribution in [0.15, 0.2) is 43.4 Å². The predicted molar refractivity (Wildman–Crippen MR) is 196 cm³/mol. The van der Waals surface area contributed by atoms with Crippen LogP contribution in [0.3, 0.4) is 0 Å². The minimum Gasteiger partial charge on any atom is -0.494 e. The highest BCUT2D eigenvalue weighted by Gasteiger charge is 2.62. The molecule has 14 nitrogen and oxygen atoms in total. The van der Waals surface area contributed by atoms with Crippen LogP contribution in [-0.4, -0.2) is 97.7 Å². The van der Waals surface area contributed by atoms with Crippen LogP contribution in [0.25, 0.3) is 5.57 Å². The molecule has 0 bridgehead atoms. The van der Waals surface area contributed by atoms with E-state index in [1.807, 2.05) is 0 Å². The average Bonchev–Trinajstić information content (AvgIpc) is 3.65. The molecule has 1 saturated carbocycles. The largest absolute Gasteiger partial charge is 0.494 e. The van der Waals surface area contributed by atoms with Gasteiger partial charge in [-0.3, -0.25) is 19.3 Å². The van der Waals surface area contributed by atoms with Crippen molar-refractivity contribution < 1.29 is 57.2 Å². The number of hydrogen-bond donors (Lipinski definition) is 0. The molecule has 5 aliphatic rings. The molecule has 17 heteroatoms. The maximum atomic E-state index is 14.7. The normalized spacial score (nSPS) is 22.7. The molecule has 0 aromatic heterocycles. The number of methoxy groups -OCH3 is 4. The zero-order chi connectivity index (χ0) is 38.6. The molecule has 1 spiro atoms. The fraction of sp³-hybridized carbons (Fsp3) is 0.472. The fourth-order valence-electron chi connectivity index (χ4n) is 7.59. The number of fused-ring (bicyclic) bond motifs is 4. The molecule has 6 rings (SSSR count). The highest BCUT2D eigenvalue weighted by atomic mass is 32.2. The molecular formula is C36H38N2O12S3. The summed E-state index contributed by atoms with van der Waals surface area (Å²) in [6.45, 7) is 5.01. The maximum Gasteiger partial charge on any atom is 0.345 e. The van der Waals surface area contributed by atoms with Crippen LogP contribution in [0.1, 0.15) is 52.0 Å². The fourth-order valence-corrected chi connectivity index (χ4v) is 12.6. The zero-order valence-electron chi connectivity index (χ0n) is 30.1. The number of imide groups is 1. The average molecular weight is 787 g/mol. The summed E-state index contributed by atoms with van der Waals surface area (Å²) in [7, 11) is 4.55. The van der Waals surface area contributed by atoms with Crippen molar-refractivity contribution in [2.45, 2.75) is 56.1 Å². The van der Waals surface area contributed by atoms with E-state index in [0.717, 1.165) is 81.5 Å². The molecule has 1 aromatic rings. The summed E-state index contributed by atoms with van der Waals surface area (Å²) in [4.78, 5) is 98.3. The summed E-state index contributed by atoms with van der Waals surface area (Å²) in [5.74, 6) is -5.45. The number of anilines is 1. The molecule has 2 fully saturated rings. The van der Waals surface area contributed by atoms with Gasteiger partial charge in [0.15, 0.2) is 0 Å². The molecular weight excluding hydrogens is 749 g/mol. The van der Waals surface area contributed by atoms with Crippen LogP contribution < -0.4 is 9.64 Å². The monoisotopic (exact) mass is 786 g/mol. The topological polar surface area (TPSA) is 172 Å². The second-order valence-corrected chi connectivity index (χ2v) is 16.8. The van der Waals surface area contributed by atoms with Crippen molar-refractivity contribution in [3.05, 3.63) is 49.0 Å². The second-order valence-electron chi connectivity index (χ2n) is 13.1. The van der Waals surface area contributed by atoms with Gasteiger partial charge in [0.25, 0.3) is 0 Å². The van der Waals surface area contributed by atoms with Crippen molar-refractivity contribution in [3.63, 3.8) is 0 Å². The van der Waals surface area contributed by atoms with Crippen molar-refractivity contribution in [1.29, 1.82) is 0 Å². The van der Waals surface area contributed by atoms with E-state index in [1.165, 1.54) is 4.90 Å². The van der Waals surface area contributed by atoms with Crippen LogP contribution in [-0.2, 0) is 52.5 Å². The number of hydrogen-bond acceptors (Lipinski definition) is 15. The Balaban J connectivity index is 1.60. The van der Waals surface area contributed by atoms with Crippen LogP contribution in [0.2, 0.25) is 0 Å². The van der Waals surface area contributed by atoms with Gasteiger partial charge >= 0.3 is 23.9 Å². The first-order valence-electron chi connectivity index (χ1n) is 16.8. The molecule has 4 heterocycles. The molecule has 3 amide bonds. The zero-order valence-corrected chi connectivity index (χ0v) is 32.6. The number of amides is 3. The van der Waals surface area contributed by atoms with Gasteiger partial charge in [-0.1, -0.05) is 48.1 Å². The van der Waals surface area contributed by atoms with E-state index in [9.17, 15) is 33.6 Å². The highest BCUT2D eigenvalue weighted by Crippen LogP contribution is 2.71. The standard InChI is InChI=1S/C36H38N2O12S3/c1-8-50-17-13-14-21-20(15-17)23-28(35(2,3)38(21)22(39)16-37-29(40)18-11-9-10-12-19(18)30(37)41)51-25(32(43)47-5)24(31(42)46-4)36(23)52-26(33(44)48-6)27(53-36)34(45)49-7/h13-15,18-19H,8-12,16H2,1-7H3/t18-,19-/m0/s1. The number of nitrogens with zero attached hydrogens (tertiary/aromatic N) is 2. The molecule has 0 N–H and O–H groups in total. The summed E-state index contributed by atoms with van der Waals surface area (Å²) in [6.07, 6.45) is 2.83. The van der Waals surface area contributed by atoms with Crippen LogP contribution in [0.5, 0.6) is 5.75 Å². The van der Waals surface area contributed by atoms with Gasteiger partial charge in [0.05, 0.1) is 63.7 Å². The van der Waals surface area contributed by atoms with Gasteiger partial charge in [0, 0.05) is 16.0 Å². The number of carbonyl (C=O) groups excluding carboxylic acids is 7. The first-order chi connectivity index (χ1) is 25.2. The van der Waals surface area contributed by atoms with Crippen LogP contribution in [0, 0.1) is 11.8 Å².